The molecule has 1 aromatic rings. The van der Waals surface area contributed by atoms with Crippen LogP contribution in [-0.4, -0.2) is 94.2 Å². The first-order valence-corrected chi connectivity index (χ1v) is 5.25. The molecule has 0 bridgehead atoms. The number of rotatable bonds is 3. The summed E-state index contributed by atoms with van der Waals surface area (Å²) in [5, 5.41) is 17.2. The van der Waals surface area contributed by atoms with Crippen molar-refractivity contribution in [3.8, 4) is 0 Å². The summed E-state index contributed by atoms with van der Waals surface area (Å²) < 4.78 is 30.2. The second-order valence-electron chi connectivity index (χ2n) is 2.83. The Morgan fingerprint density at radius 3 is 1.44 bits per heavy atom. The summed E-state index contributed by atoms with van der Waals surface area (Å²) in [6, 6.07) is 2.13. The topological polar surface area (TPSA) is 129 Å². The minimum atomic E-state index is -4.64. The fourth-order valence-electron chi connectivity index (χ4n) is 0.995. The molecule has 1 aromatic carbocycles. The summed E-state index contributed by atoms with van der Waals surface area (Å²) in [5.41, 5.74) is -1.07. The zero-order valence-corrected chi connectivity index (χ0v) is 8.43. The number of hydrogen-bond acceptors (Lipinski definition) is 4. The average molecular weight is 294 g/mol. The van der Waals surface area contributed by atoms with Crippen LogP contribution in [0.2, 0.25) is 0 Å². The van der Waals surface area contributed by atoms with E-state index in [0.29, 0.717) is 12.1 Å². The van der Waals surface area contributed by atoms with E-state index in [2.05, 4.69) is 0 Å². The van der Waals surface area contributed by atoms with Crippen molar-refractivity contribution in [1.29, 1.82) is 0 Å². The van der Waals surface area contributed by atoms with Gasteiger partial charge in [-0.2, -0.15) is 8.42 Å². The van der Waals surface area contributed by atoms with Crippen LogP contribution in [0.4, 0.5) is 0 Å². The van der Waals surface area contributed by atoms with Gasteiger partial charge in [-0.15, -0.1) is 0 Å². The summed E-state index contributed by atoms with van der Waals surface area (Å²) >= 11 is 0. The predicted molar refractivity (Wildman–Crippen MR) is 64.5 cm³/mol. The van der Waals surface area contributed by atoms with E-state index in [1.165, 1.54) is 0 Å². The fraction of sp³-hybridized carbons (Fsp3) is 0. The van der Waals surface area contributed by atoms with E-state index >= 15 is 0 Å². The first-order valence-electron chi connectivity index (χ1n) is 3.81. The molecule has 0 spiro atoms. The zero-order valence-electron chi connectivity index (χ0n) is 7.61. The molecule has 7 nitrogen and oxygen atoms in total. The van der Waals surface area contributed by atoms with Gasteiger partial charge in [0.25, 0.3) is 10.1 Å². The Morgan fingerprint density at radius 1 is 0.889 bits per heavy atom. The van der Waals surface area contributed by atoms with Crippen LogP contribution < -0.4 is 0 Å². The van der Waals surface area contributed by atoms with Gasteiger partial charge in [-0.05, 0) is 18.2 Å². The quantitative estimate of drug-likeness (QED) is 0.483. The monoisotopic (exact) mass is 294 g/mol. The maximum atomic E-state index is 10.8. The molecule has 0 aromatic heterocycles. The first-order chi connectivity index (χ1) is 7.21. The fourth-order valence-corrected chi connectivity index (χ4v) is 1.55. The molecule has 18 heavy (non-hydrogen) atoms. The van der Waals surface area contributed by atoms with Crippen LogP contribution in [0, 0.1) is 0 Å². The number of hydrogen-bond donors (Lipinski definition) is 3. The molecule has 0 fully saturated rings. The Kier molecular flexibility index (Phi) is 8.62. The molecule has 1 rings (SSSR count). The Morgan fingerprint density at radius 2 is 1.22 bits per heavy atom. The summed E-state index contributed by atoms with van der Waals surface area (Å²) in [4.78, 5) is 20.4. The van der Waals surface area contributed by atoms with Gasteiger partial charge in [0.2, 0.25) is 0 Å². The third-order valence-corrected chi connectivity index (χ3v) is 2.53. The molecular weight excluding hydrogens is 286 g/mol. The maximum absolute atomic E-state index is 10.8. The molecule has 0 aliphatic heterocycles. The van der Waals surface area contributed by atoms with E-state index in [1.54, 1.807) is 0 Å². The van der Waals surface area contributed by atoms with Gasteiger partial charge in [-0.25, -0.2) is 9.59 Å². The molecule has 0 saturated heterocycles. The van der Waals surface area contributed by atoms with E-state index in [0.717, 1.165) is 6.07 Å². The van der Waals surface area contributed by atoms with Crippen molar-refractivity contribution in [2.24, 2.45) is 0 Å². The molecular formula is C8H8Na2O7S. The minimum absolute atomic E-state index is 0. The average Bonchev–Trinajstić information content (AvgIpc) is 2.15. The summed E-state index contributed by atoms with van der Waals surface area (Å²) in [5.74, 6) is -2.99. The molecule has 0 atom stereocenters. The van der Waals surface area contributed by atoms with Crippen molar-refractivity contribution in [3.63, 3.8) is 0 Å². The van der Waals surface area contributed by atoms with Crippen LogP contribution >= 0.6 is 0 Å². The van der Waals surface area contributed by atoms with E-state index < -0.39 is 38.1 Å². The van der Waals surface area contributed by atoms with Crippen LogP contribution in [0.3, 0.4) is 0 Å². The molecule has 0 aliphatic carbocycles. The van der Waals surface area contributed by atoms with Crippen molar-refractivity contribution in [3.05, 3.63) is 29.3 Å². The van der Waals surface area contributed by atoms with Crippen molar-refractivity contribution in [1.82, 2.24) is 0 Å². The molecule has 0 saturated carbocycles. The number of benzene rings is 1. The third-order valence-electron chi connectivity index (χ3n) is 1.70. The molecule has 0 unspecified atom stereocenters. The van der Waals surface area contributed by atoms with Crippen molar-refractivity contribution >= 4 is 81.2 Å². The van der Waals surface area contributed by atoms with E-state index in [1.807, 2.05) is 0 Å². The SMILES string of the molecule is O=C(O)c1cc(C(=O)O)cc(S(=O)(=O)O)c1.[NaH].[NaH]. The molecule has 0 heterocycles. The summed E-state index contributed by atoms with van der Waals surface area (Å²) in [6.07, 6.45) is 0. The number of carboxylic acid groups (broad SMARTS) is 2. The van der Waals surface area contributed by atoms with Crippen LogP contribution in [0.25, 0.3) is 0 Å². The van der Waals surface area contributed by atoms with Crippen LogP contribution in [-0.2, 0) is 10.1 Å². The molecule has 3 N–H and O–H groups in total. The number of carboxylic acids is 2. The summed E-state index contributed by atoms with van der Waals surface area (Å²) in [6.45, 7) is 0. The molecule has 10 heteroatoms. The van der Waals surface area contributed by atoms with Gasteiger partial charge in [-0.1, -0.05) is 0 Å². The molecule has 0 aliphatic rings. The molecule has 0 radical (unpaired) electrons. The predicted octanol–water partition coefficient (Wildman–Crippen LogP) is -0.967. The van der Waals surface area contributed by atoms with E-state index in [-0.39, 0.29) is 59.1 Å². The second kappa shape index (κ2) is 7.61. The van der Waals surface area contributed by atoms with Gasteiger partial charge in [0.1, 0.15) is 0 Å². The van der Waals surface area contributed by atoms with E-state index in [4.69, 9.17) is 14.8 Å². The van der Waals surface area contributed by atoms with Crippen LogP contribution in [0.1, 0.15) is 20.7 Å². The van der Waals surface area contributed by atoms with Crippen molar-refractivity contribution < 1.29 is 32.8 Å². The van der Waals surface area contributed by atoms with Crippen LogP contribution in [0.5, 0.6) is 0 Å². The molecule has 90 valence electrons. The number of aromatic carboxylic acids is 2. The Labute approximate surface area is 147 Å². The summed E-state index contributed by atoms with van der Waals surface area (Å²) in [7, 11) is -4.64. The van der Waals surface area contributed by atoms with E-state index in [9.17, 15) is 18.0 Å². The molecule has 0 amide bonds. The third kappa shape index (κ3) is 5.37. The van der Waals surface area contributed by atoms with Gasteiger partial charge < -0.3 is 10.2 Å². The Hall–Kier alpha value is 0.0700. The van der Waals surface area contributed by atoms with Gasteiger partial charge in [0.05, 0.1) is 16.0 Å². The van der Waals surface area contributed by atoms with Gasteiger partial charge in [-0.3, -0.25) is 4.55 Å². The number of carbonyl (C=O) groups is 2. The van der Waals surface area contributed by atoms with Crippen molar-refractivity contribution in [2.75, 3.05) is 0 Å². The zero-order chi connectivity index (χ0) is 12.5. The van der Waals surface area contributed by atoms with Gasteiger partial charge in [0, 0.05) is 0 Å². The first kappa shape index (κ1) is 20.4. The van der Waals surface area contributed by atoms with Crippen LogP contribution in [0.15, 0.2) is 23.1 Å². The normalized spacial score (nSPS) is 9.83. The van der Waals surface area contributed by atoms with Gasteiger partial charge >= 0.3 is 71.1 Å². The van der Waals surface area contributed by atoms with Crippen molar-refractivity contribution in [2.45, 2.75) is 4.90 Å². The second-order valence-corrected chi connectivity index (χ2v) is 4.25. The Bertz CT molecular complexity index is 535. The Balaban J connectivity index is 0. The standard InChI is InChI=1S/C8H6O7S.2Na.2H/c9-7(10)4-1-5(8(11)12)3-6(2-4)16(13,14)15;;;;/h1-3H,(H,9,10)(H,11,12)(H,13,14,15);;;;. The van der Waals surface area contributed by atoms with Gasteiger partial charge in [0.15, 0.2) is 0 Å².